The Morgan fingerprint density at radius 1 is 0.815 bits per heavy atom. The smallest absolute Gasteiger partial charge is 0.140 e. The van der Waals surface area contributed by atoms with E-state index in [1.54, 1.807) is 7.11 Å². The second-order valence-corrected chi connectivity index (χ2v) is 7.82. The van der Waals surface area contributed by atoms with Gasteiger partial charge in [-0.05, 0) is 50.3 Å². The van der Waals surface area contributed by atoms with E-state index in [1.165, 1.54) is 51.4 Å². The molecule has 2 saturated carbocycles. The molecule has 0 unspecified atom stereocenters. The predicted octanol–water partition coefficient (Wildman–Crippen LogP) is 5.17. The summed E-state index contributed by atoms with van der Waals surface area (Å²) in [5, 5.41) is 7.44. The largest absolute Gasteiger partial charge is 0.497 e. The number of ether oxygens (including phenoxy) is 1. The van der Waals surface area contributed by atoms with E-state index >= 15 is 0 Å². The van der Waals surface area contributed by atoms with E-state index in [4.69, 9.17) is 14.7 Å². The number of nitrogens with zero attached hydrogens (tertiary/aromatic N) is 2. The summed E-state index contributed by atoms with van der Waals surface area (Å²) >= 11 is 0. The first-order valence-electron chi connectivity index (χ1n) is 10.3. The first-order chi connectivity index (χ1) is 13.2. The van der Waals surface area contributed by atoms with Crippen LogP contribution in [0.15, 0.2) is 24.3 Å². The number of aryl methyl sites for hydroxylation is 1. The fourth-order valence-electron chi connectivity index (χ4n) is 4.34. The topological polar surface area (TPSA) is 59.1 Å². The van der Waals surface area contributed by atoms with Crippen LogP contribution in [0.2, 0.25) is 0 Å². The molecule has 0 aliphatic heterocycles. The lowest BCUT2D eigenvalue weighted by molar-refractivity contribution is 0.415. The lowest BCUT2D eigenvalue weighted by Gasteiger charge is -2.22. The van der Waals surface area contributed by atoms with Crippen LogP contribution in [-0.2, 0) is 0 Å². The summed E-state index contributed by atoms with van der Waals surface area (Å²) in [6.45, 7) is 1.98. The van der Waals surface area contributed by atoms with E-state index in [0.29, 0.717) is 12.1 Å². The molecule has 2 N–H and O–H groups in total. The number of aromatic nitrogens is 2. The van der Waals surface area contributed by atoms with Gasteiger partial charge in [0.15, 0.2) is 0 Å². The molecule has 0 spiro atoms. The summed E-state index contributed by atoms with van der Waals surface area (Å²) in [6, 6.07) is 9.24. The number of rotatable bonds is 6. The fraction of sp³-hybridized carbons (Fsp3) is 0.545. The number of hydrogen-bond donors (Lipinski definition) is 2. The van der Waals surface area contributed by atoms with Gasteiger partial charge in [0.05, 0.1) is 12.7 Å². The van der Waals surface area contributed by atoms with Crippen LogP contribution in [0.1, 0.15) is 57.2 Å². The van der Waals surface area contributed by atoms with Crippen molar-refractivity contribution >= 4 is 11.6 Å². The van der Waals surface area contributed by atoms with Gasteiger partial charge in [-0.3, -0.25) is 0 Å². The number of nitrogens with one attached hydrogen (secondary N) is 2. The SMILES string of the molecule is COc1ccc(-c2c(NC3CCCC3)nc(C)nc2NC2CCCC2)cc1. The molecule has 0 amide bonds. The van der Waals surface area contributed by atoms with E-state index in [0.717, 1.165) is 34.3 Å². The predicted molar refractivity (Wildman–Crippen MR) is 111 cm³/mol. The van der Waals surface area contributed by atoms with E-state index in [9.17, 15) is 0 Å². The van der Waals surface area contributed by atoms with Crippen molar-refractivity contribution in [3.05, 3.63) is 30.1 Å². The Morgan fingerprint density at radius 3 is 1.74 bits per heavy atom. The van der Waals surface area contributed by atoms with Crippen LogP contribution in [0.25, 0.3) is 11.1 Å². The molecule has 2 aromatic rings. The van der Waals surface area contributed by atoms with Crippen molar-refractivity contribution < 1.29 is 4.74 Å². The molecule has 5 heteroatoms. The van der Waals surface area contributed by atoms with Gasteiger partial charge in [-0.2, -0.15) is 0 Å². The summed E-state index contributed by atoms with van der Waals surface area (Å²) in [4.78, 5) is 9.59. The normalized spacial score (nSPS) is 18.0. The molecule has 2 aliphatic carbocycles. The highest BCUT2D eigenvalue weighted by molar-refractivity contribution is 5.85. The zero-order chi connectivity index (χ0) is 18.6. The van der Waals surface area contributed by atoms with Crippen LogP contribution >= 0.6 is 0 Å². The lowest BCUT2D eigenvalue weighted by Crippen LogP contribution is -2.20. The van der Waals surface area contributed by atoms with Crippen LogP contribution in [-0.4, -0.2) is 29.2 Å². The standard InChI is InChI=1S/C22H30N4O/c1-15-23-21(25-17-7-3-4-8-17)20(16-11-13-19(27-2)14-12-16)22(24-15)26-18-9-5-6-10-18/h11-14,17-18H,3-10H2,1-2H3,(H2,23,24,25,26). The Hall–Kier alpha value is -2.30. The van der Waals surface area contributed by atoms with Gasteiger partial charge in [-0.15, -0.1) is 0 Å². The average Bonchev–Trinajstić information content (AvgIpc) is 3.36. The second kappa shape index (κ2) is 8.15. The highest BCUT2D eigenvalue weighted by Gasteiger charge is 2.23. The van der Waals surface area contributed by atoms with Gasteiger partial charge in [-0.25, -0.2) is 9.97 Å². The van der Waals surface area contributed by atoms with Crippen molar-refractivity contribution in [3.8, 4) is 16.9 Å². The zero-order valence-electron chi connectivity index (χ0n) is 16.4. The third-order valence-electron chi connectivity index (χ3n) is 5.79. The summed E-state index contributed by atoms with van der Waals surface area (Å²) in [6.07, 6.45) is 10.1. The van der Waals surface area contributed by atoms with E-state index in [1.807, 2.05) is 19.1 Å². The minimum Gasteiger partial charge on any atom is -0.497 e. The van der Waals surface area contributed by atoms with E-state index in [2.05, 4.69) is 22.8 Å². The van der Waals surface area contributed by atoms with E-state index in [-0.39, 0.29) is 0 Å². The minimum atomic E-state index is 0.510. The maximum absolute atomic E-state index is 5.34. The van der Waals surface area contributed by atoms with E-state index < -0.39 is 0 Å². The number of benzene rings is 1. The summed E-state index contributed by atoms with van der Waals surface area (Å²) in [7, 11) is 1.70. The van der Waals surface area contributed by atoms with Gasteiger partial charge in [0.25, 0.3) is 0 Å². The number of hydrogen-bond acceptors (Lipinski definition) is 5. The van der Waals surface area contributed by atoms with Gasteiger partial charge >= 0.3 is 0 Å². The summed E-state index contributed by atoms with van der Waals surface area (Å²) in [5.74, 6) is 3.59. The van der Waals surface area contributed by atoms with Crippen molar-refractivity contribution in [2.24, 2.45) is 0 Å². The first kappa shape index (κ1) is 18.1. The maximum atomic E-state index is 5.34. The monoisotopic (exact) mass is 366 g/mol. The number of methoxy groups -OCH3 is 1. The highest BCUT2D eigenvalue weighted by atomic mass is 16.5. The Labute approximate surface area is 162 Å². The molecular weight excluding hydrogens is 336 g/mol. The van der Waals surface area contributed by atoms with Crippen molar-refractivity contribution in [1.29, 1.82) is 0 Å². The third-order valence-corrected chi connectivity index (χ3v) is 5.79. The van der Waals surface area contributed by atoms with Crippen molar-refractivity contribution in [1.82, 2.24) is 9.97 Å². The molecule has 1 aromatic carbocycles. The molecule has 27 heavy (non-hydrogen) atoms. The lowest BCUT2D eigenvalue weighted by atomic mass is 10.0. The highest BCUT2D eigenvalue weighted by Crippen LogP contribution is 2.37. The molecule has 0 bridgehead atoms. The Bertz CT molecular complexity index is 723. The van der Waals surface area contributed by atoms with Crippen molar-refractivity contribution in [2.75, 3.05) is 17.7 Å². The summed E-state index contributed by atoms with van der Waals surface area (Å²) in [5.41, 5.74) is 2.21. The van der Waals surface area contributed by atoms with Crippen molar-refractivity contribution in [3.63, 3.8) is 0 Å². The van der Waals surface area contributed by atoms with Crippen LogP contribution in [0.3, 0.4) is 0 Å². The molecule has 1 aromatic heterocycles. The average molecular weight is 367 g/mol. The van der Waals surface area contributed by atoms with Crippen LogP contribution in [0, 0.1) is 6.92 Å². The molecule has 0 saturated heterocycles. The van der Waals surface area contributed by atoms with Crippen LogP contribution in [0.4, 0.5) is 11.6 Å². The Kier molecular flexibility index (Phi) is 5.46. The molecule has 2 aliphatic rings. The quantitative estimate of drug-likeness (QED) is 0.738. The Morgan fingerprint density at radius 2 is 1.30 bits per heavy atom. The fourth-order valence-corrected chi connectivity index (χ4v) is 4.34. The van der Waals surface area contributed by atoms with Gasteiger partial charge in [0, 0.05) is 12.1 Å². The van der Waals surface area contributed by atoms with Gasteiger partial charge in [-0.1, -0.05) is 37.8 Å². The molecule has 4 rings (SSSR count). The van der Waals surface area contributed by atoms with Gasteiger partial charge < -0.3 is 15.4 Å². The van der Waals surface area contributed by atoms with Crippen LogP contribution < -0.4 is 15.4 Å². The molecule has 144 valence electrons. The van der Waals surface area contributed by atoms with Crippen molar-refractivity contribution in [2.45, 2.75) is 70.4 Å². The molecule has 0 atom stereocenters. The third kappa shape index (κ3) is 4.18. The molecule has 0 radical (unpaired) electrons. The number of anilines is 2. The molecule has 1 heterocycles. The molecular formula is C22H30N4O. The molecule has 2 fully saturated rings. The summed E-state index contributed by atoms with van der Waals surface area (Å²) < 4.78 is 5.34. The maximum Gasteiger partial charge on any atom is 0.140 e. The minimum absolute atomic E-state index is 0.510. The van der Waals surface area contributed by atoms with Gasteiger partial charge in [0.1, 0.15) is 23.2 Å². The van der Waals surface area contributed by atoms with Crippen LogP contribution in [0.5, 0.6) is 5.75 Å². The second-order valence-electron chi connectivity index (χ2n) is 7.82. The van der Waals surface area contributed by atoms with Gasteiger partial charge in [0.2, 0.25) is 0 Å². The zero-order valence-corrected chi connectivity index (χ0v) is 16.4. The first-order valence-corrected chi connectivity index (χ1v) is 10.3. The Balaban J connectivity index is 1.74. The molecule has 5 nitrogen and oxygen atoms in total.